The maximum atomic E-state index is 14.4. The standard InChI is InChI=1S/C22H22F2N4O2/c1-2-27-13-15(17-9-6-10-18(23)20(17)24)11-12-19(21(27)29)28(14-25)22(26)30-16-7-4-3-5-8-16/h3-10,15,19,26H,2,11-13H2,1H3/p+1/t15-,19-/m1/s1. The van der Waals surface area contributed by atoms with Crippen molar-refractivity contribution in [1.29, 1.82) is 5.26 Å². The molecule has 30 heavy (non-hydrogen) atoms. The van der Waals surface area contributed by atoms with Gasteiger partial charge in [-0.3, -0.25) is 10.5 Å². The number of amides is 1. The molecule has 0 spiro atoms. The van der Waals surface area contributed by atoms with Gasteiger partial charge in [0.15, 0.2) is 17.7 Å². The van der Waals surface area contributed by atoms with Crippen LogP contribution >= 0.6 is 0 Å². The summed E-state index contributed by atoms with van der Waals surface area (Å²) in [5.41, 5.74) is 6.22. The number of amidine groups is 1. The number of likely N-dealkylation sites (tertiary alicyclic amines) is 1. The van der Waals surface area contributed by atoms with Crippen LogP contribution in [0.2, 0.25) is 0 Å². The molecule has 0 bridgehead atoms. The number of benzene rings is 2. The van der Waals surface area contributed by atoms with E-state index in [0.29, 0.717) is 18.7 Å². The molecule has 3 rings (SSSR count). The molecule has 1 aliphatic heterocycles. The number of hydrogen-bond donors (Lipinski definition) is 1. The van der Waals surface area contributed by atoms with E-state index in [0.717, 1.165) is 10.6 Å². The summed E-state index contributed by atoms with van der Waals surface area (Å²) in [6.07, 6.45) is 2.55. The maximum absolute atomic E-state index is 14.4. The first-order valence-electron chi connectivity index (χ1n) is 9.73. The van der Waals surface area contributed by atoms with Crippen molar-refractivity contribution in [1.82, 2.24) is 4.90 Å². The summed E-state index contributed by atoms with van der Waals surface area (Å²) >= 11 is 0. The normalized spacial score (nSPS) is 20.2. The number of likely N-dealkylation sites (N-methyl/N-ethyl adjacent to an activating group) is 1. The Bertz CT molecular complexity index is 988. The molecule has 2 N–H and O–H groups in total. The molecule has 156 valence electrons. The molecule has 6 nitrogen and oxygen atoms in total. The third-order valence-electron chi connectivity index (χ3n) is 5.25. The molecule has 0 radical (unpaired) electrons. The highest BCUT2D eigenvalue weighted by Crippen LogP contribution is 2.30. The van der Waals surface area contributed by atoms with Gasteiger partial charge in [0.1, 0.15) is 5.75 Å². The first kappa shape index (κ1) is 21.2. The van der Waals surface area contributed by atoms with Gasteiger partial charge in [0.2, 0.25) is 0 Å². The number of para-hydroxylation sites is 1. The summed E-state index contributed by atoms with van der Waals surface area (Å²) in [6, 6.07) is 11.6. The van der Waals surface area contributed by atoms with Crippen molar-refractivity contribution < 1.29 is 22.9 Å². The molecule has 0 aromatic heterocycles. The summed E-state index contributed by atoms with van der Waals surface area (Å²) in [5.74, 6) is -2.09. The molecule has 1 amide bonds. The lowest BCUT2D eigenvalue weighted by molar-refractivity contribution is -0.479. The van der Waals surface area contributed by atoms with Crippen LogP contribution in [0, 0.1) is 23.1 Å². The van der Waals surface area contributed by atoms with E-state index in [2.05, 4.69) is 0 Å². The smallest absolute Gasteiger partial charge is 0.404 e. The van der Waals surface area contributed by atoms with Gasteiger partial charge in [-0.1, -0.05) is 30.3 Å². The van der Waals surface area contributed by atoms with E-state index in [1.165, 1.54) is 17.0 Å². The highest BCUT2D eigenvalue weighted by atomic mass is 19.2. The van der Waals surface area contributed by atoms with Gasteiger partial charge in [0.25, 0.3) is 5.91 Å². The van der Waals surface area contributed by atoms with E-state index in [9.17, 15) is 18.8 Å². The Kier molecular flexibility index (Phi) is 6.62. The summed E-state index contributed by atoms with van der Waals surface area (Å²) in [5, 5.41) is 9.67. The third-order valence-corrected chi connectivity index (χ3v) is 5.25. The minimum absolute atomic E-state index is 0.214. The van der Waals surface area contributed by atoms with Crippen LogP contribution in [0.25, 0.3) is 0 Å². The average Bonchev–Trinajstić information content (AvgIpc) is 2.91. The summed E-state index contributed by atoms with van der Waals surface area (Å²) in [4.78, 5) is 14.6. The SMILES string of the molecule is CCN1C[C@H](c2cccc(F)c2F)CC[C@@H]([N+](C#N)=C(N)Oc2ccccc2)C1=O. The second kappa shape index (κ2) is 9.35. The molecule has 2 atom stereocenters. The Morgan fingerprint density at radius 1 is 1.23 bits per heavy atom. The minimum atomic E-state index is -0.921. The van der Waals surface area contributed by atoms with Crippen LogP contribution in [0.3, 0.4) is 0 Å². The zero-order chi connectivity index (χ0) is 21.7. The topological polar surface area (TPSA) is 82.4 Å². The monoisotopic (exact) mass is 413 g/mol. The van der Waals surface area contributed by atoms with Gasteiger partial charge >= 0.3 is 12.2 Å². The summed E-state index contributed by atoms with van der Waals surface area (Å²) in [6.45, 7) is 2.38. The first-order valence-corrected chi connectivity index (χ1v) is 9.73. The fourth-order valence-corrected chi connectivity index (χ4v) is 3.69. The second-order valence-electron chi connectivity index (χ2n) is 7.03. The number of ether oxygens (including phenoxy) is 1. The molecule has 1 heterocycles. The number of halogens is 2. The average molecular weight is 413 g/mol. The Morgan fingerprint density at radius 3 is 2.63 bits per heavy atom. The van der Waals surface area contributed by atoms with Crippen LogP contribution in [0.4, 0.5) is 8.78 Å². The third kappa shape index (κ3) is 4.40. The largest absolute Gasteiger partial charge is 0.404 e. The lowest BCUT2D eigenvalue weighted by Crippen LogP contribution is -2.46. The van der Waals surface area contributed by atoms with Crippen molar-refractivity contribution in [2.45, 2.75) is 31.7 Å². The highest BCUT2D eigenvalue weighted by molar-refractivity contribution is 5.82. The Balaban J connectivity index is 1.91. The van der Waals surface area contributed by atoms with E-state index in [1.807, 2.05) is 12.3 Å². The van der Waals surface area contributed by atoms with Crippen molar-refractivity contribution in [3.63, 3.8) is 0 Å². The van der Waals surface area contributed by atoms with Gasteiger partial charge in [-0.15, -0.1) is 4.58 Å². The van der Waals surface area contributed by atoms with Crippen LogP contribution in [0.1, 0.15) is 31.2 Å². The van der Waals surface area contributed by atoms with Crippen LogP contribution in [-0.4, -0.2) is 40.5 Å². The van der Waals surface area contributed by atoms with Crippen molar-refractivity contribution in [2.24, 2.45) is 5.73 Å². The van der Waals surface area contributed by atoms with Crippen molar-refractivity contribution >= 4 is 11.9 Å². The van der Waals surface area contributed by atoms with Gasteiger partial charge in [0.05, 0.1) is 0 Å². The first-order chi connectivity index (χ1) is 14.5. The summed E-state index contributed by atoms with van der Waals surface area (Å²) in [7, 11) is 0. The van der Waals surface area contributed by atoms with E-state index in [4.69, 9.17) is 10.5 Å². The minimum Gasteiger partial charge on any atom is -0.404 e. The van der Waals surface area contributed by atoms with E-state index in [-0.39, 0.29) is 30.5 Å². The molecule has 0 saturated carbocycles. The lowest BCUT2D eigenvalue weighted by atomic mass is 9.93. The van der Waals surface area contributed by atoms with Gasteiger partial charge < -0.3 is 9.64 Å². The number of rotatable bonds is 4. The molecule has 0 aliphatic carbocycles. The molecule has 1 saturated heterocycles. The van der Waals surface area contributed by atoms with Crippen LogP contribution < -0.4 is 10.5 Å². The lowest BCUT2D eigenvalue weighted by Gasteiger charge is -2.24. The van der Waals surface area contributed by atoms with Gasteiger partial charge in [0, 0.05) is 24.3 Å². The zero-order valence-electron chi connectivity index (χ0n) is 16.6. The maximum Gasteiger partial charge on any atom is 0.404 e. The fourth-order valence-electron chi connectivity index (χ4n) is 3.69. The summed E-state index contributed by atoms with van der Waals surface area (Å²) < 4.78 is 34.7. The molecule has 8 heteroatoms. The molecular formula is C22H23F2N4O2+. The fraction of sp³-hybridized carbons (Fsp3) is 0.318. The second-order valence-corrected chi connectivity index (χ2v) is 7.03. The van der Waals surface area contributed by atoms with Crippen LogP contribution in [0.5, 0.6) is 5.75 Å². The molecule has 0 unspecified atom stereocenters. The number of carbonyl (C=O) groups excluding carboxylic acids is 1. The Morgan fingerprint density at radius 2 is 1.97 bits per heavy atom. The molecular weight excluding hydrogens is 390 g/mol. The highest BCUT2D eigenvalue weighted by Gasteiger charge is 2.37. The van der Waals surface area contributed by atoms with E-state index in [1.54, 1.807) is 31.2 Å². The number of nitrogens with zero attached hydrogens (tertiary/aromatic N) is 3. The number of carbonyl (C=O) groups is 1. The van der Waals surface area contributed by atoms with Crippen molar-refractivity contribution in [2.75, 3.05) is 13.1 Å². The predicted octanol–water partition coefficient (Wildman–Crippen LogP) is 2.95. The van der Waals surface area contributed by atoms with Crippen molar-refractivity contribution in [3.8, 4) is 11.9 Å². The molecule has 1 fully saturated rings. The molecule has 1 aliphatic rings. The molecule has 2 aromatic rings. The number of nitriles is 1. The number of nitrogens with two attached hydrogens (primary N) is 1. The predicted molar refractivity (Wildman–Crippen MR) is 107 cm³/mol. The quantitative estimate of drug-likeness (QED) is 0.275. The van der Waals surface area contributed by atoms with Gasteiger partial charge in [-0.05, 0) is 43.5 Å². The van der Waals surface area contributed by atoms with Crippen LogP contribution in [0.15, 0.2) is 48.5 Å². The molecule has 2 aromatic carbocycles. The van der Waals surface area contributed by atoms with Gasteiger partial charge in [-0.2, -0.15) is 0 Å². The zero-order valence-corrected chi connectivity index (χ0v) is 16.6. The Hall–Kier alpha value is -3.47. The van der Waals surface area contributed by atoms with Crippen LogP contribution in [-0.2, 0) is 4.79 Å². The number of hydrogen-bond acceptors (Lipinski definition) is 3. The van der Waals surface area contributed by atoms with Crippen molar-refractivity contribution in [3.05, 3.63) is 65.7 Å². The Labute approximate surface area is 173 Å². The van der Waals surface area contributed by atoms with E-state index >= 15 is 0 Å². The van der Waals surface area contributed by atoms with Gasteiger partial charge in [-0.25, -0.2) is 8.78 Å². The van der Waals surface area contributed by atoms with E-state index < -0.39 is 23.6 Å².